The van der Waals surface area contributed by atoms with Crippen LogP contribution >= 0.6 is 0 Å². The van der Waals surface area contributed by atoms with Gasteiger partial charge in [0.05, 0.1) is 5.54 Å². The lowest BCUT2D eigenvalue weighted by atomic mass is 9.92. The molecule has 0 atom stereocenters. The summed E-state index contributed by atoms with van der Waals surface area (Å²) < 4.78 is 0. The summed E-state index contributed by atoms with van der Waals surface area (Å²) in [5.74, 6) is 0. The molecule has 0 aliphatic heterocycles. The number of nitrogens with zero attached hydrogens (tertiary/aromatic N) is 1. The third-order valence-corrected chi connectivity index (χ3v) is 4.11. The second-order valence-corrected chi connectivity index (χ2v) is 6.76. The molecule has 0 aliphatic rings. The highest BCUT2D eigenvalue weighted by Gasteiger charge is 2.24. The Hall–Kier alpha value is -2.55. The number of hydrogen-bond acceptors (Lipinski definition) is 1. The Morgan fingerprint density at radius 1 is 1.12 bits per heavy atom. The van der Waals surface area contributed by atoms with Crippen molar-refractivity contribution in [1.82, 2.24) is 10.2 Å². The number of amides is 2. The van der Waals surface area contributed by atoms with Crippen LogP contribution < -0.4 is 5.32 Å². The lowest BCUT2D eigenvalue weighted by molar-refractivity contribution is 0.195. The van der Waals surface area contributed by atoms with Crippen LogP contribution in [0.5, 0.6) is 0 Å². The highest BCUT2D eigenvalue weighted by atomic mass is 16.2. The van der Waals surface area contributed by atoms with E-state index in [9.17, 15) is 4.79 Å². The Labute approximate surface area is 145 Å². The summed E-state index contributed by atoms with van der Waals surface area (Å²) in [5.41, 5.74) is 3.81. The first-order valence-electron chi connectivity index (χ1n) is 8.13. The van der Waals surface area contributed by atoms with E-state index in [4.69, 9.17) is 0 Å². The van der Waals surface area contributed by atoms with Crippen LogP contribution in [0.25, 0.3) is 5.57 Å². The van der Waals surface area contributed by atoms with Gasteiger partial charge in [0.1, 0.15) is 0 Å². The number of nitrogens with one attached hydrogen (secondary N) is 1. The molecule has 0 saturated heterocycles. The standard InChI is InChI=1S/C21H26N2O/c1-16(2)18-12-9-13-19(14-18)21(3,4)22-20(24)23(5)15-17-10-7-6-8-11-17/h6-14H,1,15H2,2-5H3,(H,22,24). The monoisotopic (exact) mass is 322 g/mol. The fourth-order valence-corrected chi connectivity index (χ4v) is 2.54. The largest absolute Gasteiger partial charge is 0.329 e. The van der Waals surface area contributed by atoms with Crippen molar-refractivity contribution in [2.24, 2.45) is 0 Å². The highest BCUT2D eigenvalue weighted by molar-refractivity contribution is 5.75. The molecule has 3 nitrogen and oxygen atoms in total. The number of urea groups is 1. The number of carbonyl (C=O) groups excluding carboxylic acids is 1. The molecule has 1 N–H and O–H groups in total. The van der Waals surface area contributed by atoms with Gasteiger partial charge in [-0.25, -0.2) is 4.79 Å². The Bertz CT molecular complexity index is 720. The summed E-state index contributed by atoms with van der Waals surface area (Å²) in [6.45, 7) is 10.6. The summed E-state index contributed by atoms with van der Waals surface area (Å²) in [7, 11) is 1.81. The zero-order valence-electron chi connectivity index (χ0n) is 15.0. The van der Waals surface area contributed by atoms with Gasteiger partial charge in [0.25, 0.3) is 0 Å². The first-order chi connectivity index (χ1) is 11.3. The molecule has 0 heterocycles. The zero-order chi connectivity index (χ0) is 17.7. The SMILES string of the molecule is C=C(C)c1cccc(C(C)(C)NC(=O)N(C)Cc2ccccc2)c1. The molecular formula is C21H26N2O. The van der Waals surface area contributed by atoms with Gasteiger partial charge in [-0.1, -0.05) is 60.7 Å². The predicted octanol–water partition coefficient (Wildman–Crippen LogP) is 4.80. The van der Waals surface area contributed by atoms with Crippen LogP contribution in [0.4, 0.5) is 4.79 Å². The van der Waals surface area contributed by atoms with E-state index in [1.54, 1.807) is 4.90 Å². The Morgan fingerprint density at radius 2 is 1.79 bits per heavy atom. The Balaban J connectivity index is 2.08. The minimum atomic E-state index is -0.465. The maximum Gasteiger partial charge on any atom is 0.318 e. The van der Waals surface area contributed by atoms with Crippen LogP contribution in [-0.4, -0.2) is 18.0 Å². The molecule has 2 aromatic carbocycles. The van der Waals surface area contributed by atoms with Crippen molar-refractivity contribution in [2.45, 2.75) is 32.9 Å². The Kier molecular flexibility index (Phi) is 5.45. The maximum atomic E-state index is 12.6. The molecule has 126 valence electrons. The van der Waals surface area contributed by atoms with E-state index in [0.29, 0.717) is 6.54 Å². The third kappa shape index (κ3) is 4.48. The average Bonchev–Trinajstić information content (AvgIpc) is 2.55. The maximum absolute atomic E-state index is 12.6. The molecule has 0 spiro atoms. The quantitative estimate of drug-likeness (QED) is 0.843. The van der Waals surface area contributed by atoms with E-state index in [0.717, 1.165) is 22.3 Å². The van der Waals surface area contributed by atoms with Gasteiger partial charge in [-0.05, 0) is 43.5 Å². The van der Waals surface area contributed by atoms with Crippen molar-refractivity contribution in [3.05, 3.63) is 77.9 Å². The lowest BCUT2D eigenvalue weighted by Gasteiger charge is -2.30. The zero-order valence-corrected chi connectivity index (χ0v) is 15.0. The van der Waals surface area contributed by atoms with E-state index in [2.05, 4.69) is 18.0 Å². The van der Waals surface area contributed by atoms with Crippen LogP contribution in [0.15, 0.2) is 61.2 Å². The van der Waals surface area contributed by atoms with Crippen molar-refractivity contribution in [3.63, 3.8) is 0 Å². The number of carbonyl (C=O) groups is 1. The molecule has 0 aromatic heterocycles. The summed E-state index contributed by atoms with van der Waals surface area (Å²) >= 11 is 0. The molecule has 0 aliphatic carbocycles. The predicted molar refractivity (Wildman–Crippen MR) is 101 cm³/mol. The summed E-state index contributed by atoms with van der Waals surface area (Å²) in [4.78, 5) is 14.2. The van der Waals surface area contributed by atoms with Crippen LogP contribution in [-0.2, 0) is 12.1 Å². The normalized spacial score (nSPS) is 11.0. The van der Waals surface area contributed by atoms with Crippen LogP contribution in [0.2, 0.25) is 0 Å². The van der Waals surface area contributed by atoms with Crippen molar-refractivity contribution >= 4 is 11.6 Å². The minimum Gasteiger partial charge on any atom is -0.329 e. The van der Waals surface area contributed by atoms with Crippen LogP contribution in [0.3, 0.4) is 0 Å². The number of rotatable bonds is 5. The molecule has 2 amide bonds. The molecule has 2 rings (SSSR count). The van der Waals surface area contributed by atoms with Crippen molar-refractivity contribution in [2.75, 3.05) is 7.05 Å². The molecule has 0 saturated carbocycles. The second-order valence-electron chi connectivity index (χ2n) is 6.76. The molecule has 0 unspecified atom stereocenters. The Morgan fingerprint density at radius 3 is 2.42 bits per heavy atom. The van der Waals surface area contributed by atoms with Gasteiger partial charge in [-0.2, -0.15) is 0 Å². The first kappa shape index (κ1) is 17.8. The van der Waals surface area contributed by atoms with E-state index < -0.39 is 5.54 Å². The van der Waals surface area contributed by atoms with Crippen LogP contribution in [0, 0.1) is 0 Å². The van der Waals surface area contributed by atoms with Gasteiger partial charge in [0.15, 0.2) is 0 Å². The smallest absolute Gasteiger partial charge is 0.318 e. The topological polar surface area (TPSA) is 32.3 Å². The van der Waals surface area contributed by atoms with Gasteiger partial charge in [-0.3, -0.25) is 0 Å². The second kappa shape index (κ2) is 7.35. The van der Waals surface area contributed by atoms with Gasteiger partial charge in [0, 0.05) is 13.6 Å². The van der Waals surface area contributed by atoms with E-state index in [-0.39, 0.29) is 6.03 Å². The molecule has 0 radical (unpaired) electrons. The summed E-state index contributed by atoms with van der Waals surface area (Å²) in [5, 5.41) is 3.12. The molecular weight excluding hydrogens is 296 g/mol. The lowest BCUT2D eigenvalue weighted by Crippen LogP contribution is -2.46. The van der Waals surface area contributed by atoms with E-state index in [1.165, 1.54) is 0 Å². The third-order valence-electron chi connectivity index (χ3n) is 4.11. The number of benzene rings is 2. The van der Waals surface area contributed by atoms with Crippen molar-refractivity contribution in [1.29, 1.82) is 0 Å². The van der Waals surface area contributed by atoms with Gasteiger partial charge >= 0.3 is 6.03 Å². The first-order valence-corrected chi connectivity index (χ1v) is 8.13. The number of allylic oxidation sites excluding steroid dienone is 1. The molecule has 0 fully saturated rings. The molecule has 0 bridgehead atoms. The fourth-order valence-electron chi connectivity index (χ4n) is 2.54. The number of hydrogen-bond donors (Lipinski definition) is 1. The summed E-state index contributed by atoms with van der Waals surface area (Å²) in [6, 6.07) is 18.0. The fraction of sp³-hybridized carbons (Fsp3) is 0.286. The molecule has 24 heavy (non-hydrogen) atoms. The van der Waals surface area contributed by atoms with Crippen LogP contribution in [0.1, 0.15) is 37.5 Å². The van der Waals surface area contributed by atoms with E-state index >= 15 is 0 Å². The molecule has 3 heteroatoms. The van der Waals surface area contributed by atoms with E-state index in [1.807, 2.05) is 76.3 Å². The highest BCUT2D eigenvalue weighted by Crippen LogP contribution is 2.23. The van der Waals surface area contributed by atoms with Gasteiger partial charge < -0.3 is 10.2 Å². The summed E-state index contributed by atoms with van der Waals surface area (Å²) in [6.07, 6.45) is 0. The average molecular weight is 322 g/mol. The minimum absolute atomic E-state index is 0.0930. The van der Waals surface area contributed by atoms with Crippen molar-refractivity contribution < 1.29 is 4.79 Å². The van der Waals surface area contributed by atoms with Gasteiger partial charge in [-0.15, -0.1) is 0 Å². The van der Waals surface area contributed by atoms with Crippen molar-refractivity contribution in [3.8, 4) is 0 Å². The van der Waals surface area contributed by atoms with Gasteiger partial charge in [0.2, 0.25) is 0 Å². The molecule has 2 aromatic rings.